The molecule has 0 radical (unpaired) electrons. The van der Waals surface area contributed by atoms with Gasteiger partial charge in [-0.2, -0.15) is 4.31 Å². The highest BCUT2D eigenvalue weighted by atomic mass is 32.2. The molecule has 0 spiro atoms. The van der Waals surface area contributed by atoms with Crippen LogP contribution < -0.4 is 4.74 Å². The molecule has 0 aliphatic carbocycles. The van der Waals surface area contributed by atoms with Crippen molar-refractivity contribution in [2.24, 2.45) is 0 Å². The van der Waals surface area contributed by atoms with Crippen LogP contribution in [0.4, 0.5) is 0 Å². The molecule has 1 aliphatic heterocycles. The van der Waals surface area contributed by atoms with Gasteiger partial charge in [0.1, 0.15) is 5.75 Å². The lowest BCUT2D eigenvalue weighted by molar-refractivity contribution is 0.0392. The van der Waals surface area contributed by atoms with Crippen molar-refractivity contribution < 1.29 is 23.0 Å². The number of hydrogen-bond donors (Lipinski definition) is 1. The molecular formula is C14H21NO5S. The lowest BCUT2D eigenvalue weighted by Crippen LogP contribution is -2.46. The highest BCUT2D eigenvalue weighted by Gasteiger charge is 2.31. The Hall–Kier alpha value is -1.15. The number of hydrogen-bond acceptors (Lipinski definition) is 5. The average molecular weight is 315 g/mol. The molecule has 7 heteroatoms. The molecule has 1 N–H and O–H groups in total. The standard InChI is InChI=1S/C14H21NO5S/c1-3-20-14-5-4-13(8-12(14)9-16)21(17,18)15-6-7-19-10-11(15)2/h4-5,8,11,16H,3,6-7,9-10H2,1-2H3. The summed E-state index contributed by atoms with van der Waals surface area (Å²) in [6.07, 6.45) is 0. The first-order valence-electron chi connectivity index (χ1n) is 6.97. The fourth-order valence-corrected chi connectivity index (χ4v) is 3.99. The third-order valence-corrected chi connectivity index (χ3v) is 5.42. The Kier molecular flexibility index (Phi) is 5.21. The topological polar surface area (TPSA) is 76.1 Å². The predicted molar refractivity (Wildman–Crippen MR) is 77.7 cm³/mol. The lowest BCUT2D eigenvalue weighted by atomic mass is 10.2. The van der Waals surface area contributed by atoms with Crippen molar-refractivity contribution >= 4 is 10.0 Å². The van der Waals surface area contributed by atoms with Gasteiger partial charge < -0.3 is 14.6 Å². The van der Waals surface area contributed by atoms with Crippen molar-refractivity contribution in [3.63, 3.8) is 0 Å². The van der Waals surface area contributed by atoms with Gasteiger partial charge in [0, 0.05) is 18.2 Å². The molecule has 6 nitrogen and oxygen atoms in total. The minimum atomic E-state index is -3.59. The van der Waals surface area contributed by atoms with Crippen molar-refractivity contribution in [3.05, 3.63) is 23.8 Å². The Labute approximate surface area is 125 Å². The van der Waals surface area contributed by atoms with E-state index in [-0.39, 0.29) is 17.5 Å². The Morgan fingerprint density at radius 3 is 2.86 bits per heavy atom. The van der Waals surface area contributed by atoms with E-state index in [2.05, 4.69) is 0 Å². The van der Waals surface area contributed by atoms with Gasteiger partial charge in [-0.3, -0.25) is 0 Å². The van der Waals surface area contributed by atoms with Gasteiger partial charge in [-0.05, 0) is 32.0 Å². The van der Waals surface area contributed by atoms with Crippen molar-refractivity contribution in [1.82, 2.24) is 4.31 Å². The fraction of sp³-hybridized carbons (Fsp3) is 0.571. The highest BCUT2D eigenvalue weighted by molar-refractivity contribution is 7.89. The van der Waals surface area contributed by atoms with Crippen LogP contribution in [0.5, 0.6) is 5.75 Å². The fourth-order valence-electron chi connectivity index (χ4n) is 2.34. The monoisotopic (exact) mass is 315 g/mol. The molecule has 1 aromatic rings. The summed E-state index contributed by atoms with van der Waals surface area (Å²) >= 11 is 0. The molecule has 1 heterocycles. The maximum atomic E-state index is 12.7. The molecule has 1 saturated heterocycles. The van der Waals surface area contributed by atoms with Gasteiger partial charge in [0.2, 0.25) is 10.0 Å². The Morgan fingerprint density at radius 2 is 2.24 bits per heavy atom. The van der Waals surface area contributed by atoms with Crippen LogP contribution in [0.3, 0.4) is 0 Å². The molecule has 1 aromatic carbocycles. The summed E-state index contributed by atoms with van der Waals surface area (Å²) in [7, 11) is -3.59. The Morgan fingerprint density at radius 1 is 1.48 bits per heavy atom. The third-order valence-electron chi connectivity index (χ3n) is 3.42. The van der Waals surface area contributed by atoms with E-state index in [1.165, 1.54) is 16.4 Å². The van der Waals surface area contributed by atoms with Crippen LogP contribution in [0.2, 0.25) is 0 Å². The summed E-state index contributed by atoms with van der Waals surface area (Å²) < 4.78 is 37.5. The molecule has 1 atom stereocenters. The summed E-state index contributed by atoms with van der Waals surface area (Å²) in [5, 5.41) is 9.39. The maximum Gasteiger partial charge on any atom is 0.243 e. The van der Waals surface area contributed by atoms with Crippen LogP contribution in [-0.2, 0) is 21.4 Å². The largest absolute Gasteiger partial charge is 0.494 e. The van der Waals surface area contributed by atoms with E-state index in [1.54, 1.807) is 6.07 Å². The van der Waals surface area contributed by atoms with Crippen molar-refractivity contribution in [3.8, 4) is 5.75 Å². The van der Waals surface area contributed by atoms with E-state index in [0.29, 0.717) is 37.7 Å². The van der Waals surface area contributed by atoms with Gasteiger partial charge >= 0.3 is 0 Å². The lowest BCUT2D eigenvalue weighted by Gasteiger charge is -2.32. The van der Waals surface area contributed by atoms with Crippen LogP contribution >= 0.6 is 0 Å². The maximum absolute atomic E-state index is 12.7. The van der Waals surface area contributed by atoms with Gasteiger partial charge in [-0.1, -0.05) is 0 Å². The van der Waals surface area contributed by atoms with Crippen LogP contribution in [-0.4, -0.2) is 50.2 Å². The molecule has 2 rings (SSSR count). The number of aliphatic hydroxyl groups excluding tert-OH is 1. The van der Waals surface area contributed by atoms with E-state index >= 15 is 0 Å². The van der Waals surface area contributed by atoms with Gasteiger partial charge in [-0.15, -0.1) is 0 Å². The quantitative estimate of drug-likeness (QED) is 0.877. The molecular weight excluding hydrogens is 294 g/mol. The summed E-state index contributed by atoms with van der Waals surface area (Å²) in [5.41, 5.74) is 0.471. The number of aliphatic hydroxyl groups is 1. The Balaban J connectivity index is 2.35. The SMILES string of the molecule is CCOc1ccc(S(=O)(=O)N2CCOCC2C)cc1CO. The molecule has 1 fully saturated rings. The molecule has 0 aromatic heterocycles. The summed E-state index contributed by atoms with van der Waals surface area (Å²) in [5.74, 6) is 0.508. The number of sulfonamides is 1. The summed E-state index contributed by atoms with van der Waals surface area (Å²) in [4.78, 5) is 0.170. The number of morpholine rings is 1. The van der Waals surface area contributed by atoms with E-state index in [4.69, 9.17) is 9.47 Å². The molecule has 0 bridgehead atoms. The minimum Gasteiger partial charge on any atom is -0.494 e. The second kappa shape index (κ2) is 6.74. The first-order valence-corrected chi connectivity index (χ1v) is 8.41. The molecule has 118 valence electrons. The predicted octanol–water partition coefficient (Wildman–Crippen LogP) is 0.987. The first-order chi connectivity index (χ1) is 10.0. The molecule has 0 saturated carbocycles. The molecule has 1 unspecified atom stereocenters. The van der Waals surface area contributed by atoms with Crippen LogP contribution in [0, 0.1) is 0 Å². The minimum absolute atomic E-state index is 0.170. The van der Waals surface area contributed by atoms with Crippen LogP contribution in [0.25, 0.3) is 0 Å². The Bertz CT molecular complexity index is 587. The highest BCUT2D eigenvalue weighted by Crippen LogP contribution is 2.26. The zero-order chi connectivity index (χ0) is 15.5. The number of ether oxygens (including phenoxy) is 2. The number of nitrogens with zero attached hydrogens (tertiary/aromatic N) is 1. The average Bonchev–Trinajstić information content (AvgIpc) is 2.48. The summed E-state index contributed by atoms with van der Waals surface area (Å²) in [6, 6.07) is 4.38. The van der Waals surface area contributed by atoms with E-state index in [9.17, 15) is 13.5 Å². The zero-order valence-electron chi connectivity index (χ0n) is 12.3. The second-order valence-corrected chi connectivity index (χ2v) is 6.79. The van der Waals surface area contributed by atoms with Gasteiger partial charge in [0.25, 0.3) is 0 Å². The molecule has 1 aliphatic rings. The first kappa shape index (κ1) is 16.2. The van der Waals surface area contributed by atoms with Crippen LogP contribution in [0.15, 0.2) is 23.1 Å². The zero-order valence-corrected chi connectivity index (χ0v) is 13.1. The van der Waals surface area contributed by atoms with E-state index in [1.807, 2.05) is 13.8 Å². The normalized spacial score (nSPS) is 20.4. The van der Waals surface area contributed by atoms with E-state index in [0.717, 1.165) is 0 Å². The van der Waals surface area contributed by atoms with Gasteiger partial charge in [0.05, 0.1) is 31.3 Å². The van der Waals surface area contributed by atoms with Crippen molar-refractivity contribution in [2.45, 2.75) is 31.4 Å². The van der Waals surface area contributed by atoms with Gasteiger partial charge in [-0.25, -0.2) is 8.42 Å². The van der Waals surface area contributed by atoms with Crippen molar-refractivity contribution in [1.29, 1.82) is 0 Å². The molecule has 21 heavy (non-hydrogen) atoms. The van der Waals surface area contributed by atoms with Crippen molar-refractivity contribution in [2.75, 3.05) is 26.4 Å². The number of rotatable bonds is 5. The van der Waals surface area contributed by atoms with Crippen LogP contribution in [0.1, 0.15) is 19.4 Å². The van der Waals surface area contributed by atoms with Gasteiger partial charge in [0.15, 0.2) is 0 Å². The number of benzene rings is 1. The van der Waals surface area contributed by atoms with E-state index < -0.39 is 10.0 Å². The smallest absolute Gasteiger partial charge is 0.243 e. The second-order valence-electron chi connectivity index (χ2n) is 4.90. The summed E-state index contributed by atoms with van der Waals surface area (Å²) in [6.45, 7) is 4.97. The molecule has 0 amide bonds. The third kappa shape index (κ3) is 3.37.